The van der Waals surface area contributed by atoms with E-state index >= 15 is 0 Å². The Bertz CT molecular complexity index is 171. The van der Waals surface area contributed by atoms with E-state index in [0.29, 0.717) is 5.41 Å². The summed E-state index contributed by atoms with van der Waals surface area (Å²) < 4.78 is 5.34. The van der Waals surface area contributed by atoms with Crippen molar-refractivity contribution < 1.29 is 4.74 Å². The maximum atomic E-state index is 5.34. The van der Waals surface area contributed by atoms with Crippen LogP contribution < -0.4 is 0 Å². The molecule has 0 N–H and O–H groups in total. The predicted molar refractivity (Wildman–Crippen MR) is 53.6 cm³/mol. The molecule has 0 heterocycles. The van der Waals surface area contributed by atoms with Crippen LogP contribution >= 0.6 is 15.9 Å². The Hall–Kier alpha value is 0.440. The van der Waals surface area contributed by atoms with Gasteiger partial charge in [-0.1, -0.05) is 22.4 Å². The largest absolute Gasteiger partial charge is 0.384 e. The Morgan fingerprint density at radius 3 is 2.75 bits per heavy atom. The molecule has 3 atom stereocenters. The van der Waals surface area contributed by atoms with Crippen molar-refractivity contribution in [2.24, 2.45) is 17.3 Å². The van der Waals surface area contributed by atoms with E-state index < -0.39 is 0 Å². The third-order valence-corrected chi connectivity index (χ3v) is 4.92. The second-order valence-corrected chi connectivity index (χ2v) is 5.07. The first-order valence-corrected chi connectivity index (χ1v) is 5.98. The molecule has 0 radical (unpaired) electrons. The fourth-order valence-electron chi connectivity index (χ4n) is 3.22. The molecule has 3 unspecified atom stereocenters. The standard InChI is InChI=1S/C10H17BrO/c1-12-7-10(6-11)5-8-2-3-9(10)4-8/h8-9H,2-7H2,1H3. The molecule has 0 saturated heterocycles. The van der Waals surface area contributed by atoms with Crippen LogP contribution in [0.2, 0.25) is 0 Å². The van der Waals surface area contributed by atoms with Crippen molar-refractivity contribution in [1.29, 1.82) is 0 Å². The molecule has 12 heavy (non-hydrogen) atoms. The van der Waals surface area contributed by atoms with Gasteiger partial charge >= 0.3 is 0 Å². The van der Waals surface area contributed by atoms with Gasteiger partial charge in [-0.25, -0.2) is 0 Å². The van der Waals surface area contributed by atoms with Gasteiger partial charge in [-0.05, 0) is 31.1 Å². The summed E-state index contributed by atoms with van der Waals surface area (Å²) in [5, 5.41) is 1.13. The lowest BCUT2D eigenvalue weighted by Crippen LogP contribution is -2.34. The van der Waals surface area contributed by atoms with Crippen LogP contribution in [-0.4, -0.2) is 19.0 Å². The first kappa shape index (κ1) is 9.01. The Labute approximate surface area is 83.0 Å². The molecule has 70 valence electrons. The van der Waals surface area contributed by atoms with Crippen molar-refractivity contribution in [1.82, 2.24) is 0 Å². The van der Waals surface area contributed by atoms with Gasteiger partial charge in [-0.15, -0.1) is 0 Å². The van der Waals surface area contributed by atoms with Crippen LogP contribution in [0.25, 0.3) is 0 Å². The molecule has 2 heteroatoms. The number of hydrogen-bond acceptors (Lipinski definition) is 1. The molecule has 0 aromatic carbocycles. The van der Waals surface area contributed by atoms with Crippen LogP contribution in [0.4, 0.5) is 0 Å². The van der Waals surface area contributed by atoms with E-state index in [1.54, 1.807) is 0 Å². The highest BCUT2D eigenvalue weighted by Gasteiger charge is 2.50. The molecule has 2 aliphatic carbocycles. The van der Waals surface area contributed by atoms with Crippen molar-refractivity contribution >= 4 is 15.9 Å². The molecule has 0 aromatic heterocycles. The van der Waals surface area contributed by atoms with Crippen LogP contribution in [0.15, 0.2) is 0 Å². The number of alkyl halides is 1. The Kier molecular flexibility index (Phi) is 2.48. The molecule has 0 amide bonds. The molecule has 0 spiro atoms. The van der Waals surface area contributed by atoms with E-state index in [1.165, 1.54) is 25.7 Å². The van der Waals surface area contributed by atoms with E-state index in [-0.39, 0.29) is 0 Å². The van der Waals surface area contributed by atoms with E-state index in [0.717, 1.165) is 23.8 Å². The third kappa shape index (κ3) is 1.24. The van der Waals surface area contributed by atoms with Crippen LogP contribution in [0, 0.1) is 17.3 Å². The zero-order valence-electron chi connectivity index (χ0n) is 7.68. The number of fused-ring (bicyclic) bond motifs is 2. The summed E-state index contributed by atoms with van der Waals surface area (Å²) in [6.45, 7) is 0.958. The van der Waals surface area contributed by atoms with Crippen LogP contribution in [0.3, 0.4) is 0 Å². The summed E-state index contributed by atoms with van der Waals surface area (Å²) in [7, 11) is 1.83. The smallest absolute Gasteiger partial charge is 0.0529 e. The van der Waals surface area contributed by atoms with E-state index in [4.69, 9.17) is 4.74 Å². The molecule has 2 saturated carbocycles. The lowest BCUT2D eigenvalue weighted by atomic mass is 9.75. The summed E-state index contributed by atoms with van der Waals surface area (Å²) in [5.41, 5.74) is 0.498. The zero-order valence-corrected chi connectivity index (χ0v) is 9.27. The molecular weight excluding hydrogens is 216 g/mol. The second-order valence-electron chi connectivity index (χ2n) is 4.51. The first-order valence-electron chi connectivity index (χ1n) is 4.85. The normalized spacial score (nSPS) is 45.5. The van der Waals surface area contributed by atoms with Gasteiger partial charge in [0.2, 0.25) is 0 Å². The average Bonchev–Trinajstić information content (AvgIpc) is 2.64. The summed E-state index contributed by atoms with van der Waals surface area (Å²) in [6.07, 6.45) is 5.79. The molecule has 0 aromatic rings. The van der Waals surface area contributed by atoms with Gasteiger partial charge in [0.25, 0.3) is 0 Å². The fourth-order valence-corrected chi connectivity index (χ4v) is 4.07. The molecule has 1 nitrogen and oxygen atoms in total. The Morgan fingerprint density at radius 2 is 2.33 bits per heavy atom. The molecule has 2 bridgehead atoms. The first-order chi connectivity index (χ1) is 5.80. The average molecular weight is 233 g/mol. The summed E-state index contributed by atoms with van der Waals surface area (Å²) >= 11 is 3.66. The molecular formula is C10H17BrO. The minimum Gasteiger partial charge on any atom is -0.384 e. The van der Waals surface area contributed by atoms with Gasteiger partial charge in [-0.3, -0.25) is 0 Å². The zero-order chi connectivity index (χ0) is 8.60. The van der Waals surface area contributed by atoms with Crippen LogP contribution in [-0.2, 0) is 4.74 Å². The number of rotatable bonds is 3. The topological polar surface area (TPSA) is 9.23 Å². The Balaban J connectivity index is 2.08. The van der Waals surface area contributed by atoms with Crippen molar-refractivity contribution in [2.45, 2.75) is 25.7 Å². The van der Waals surface area contributed by atoms with Gasteiger partial charge in [0.15, 0.2) is 0 Å². The quantitative estimate of drug-likeness (QED) is 0.681. The van der Waals surface area contributed by atoms with E-state index in [2.05, 4.69) is 15.9 Å². The van der Waals surface area contributed by atoms with E-state index in [1.807, 2.05) is 7.11 Å². The third-order valence-electron chi connectivity index (χ3n) is 3.80. The maximum Gasteiger partial charge on any atom is 0.0529 e. The summed E-state index contributed by atoms with van der Waals surface area (Å²) in [6, 6.07) is 0. The number of methoxy groups -OCH3 is 1. The molecule has 2 aliphatic rings. The fraction of sp³-hybridized carbons (Fsp3) is 1.00. The maximum absolute atomic E-state index is 5.34. The van der Waals surface area contributed by atoms with Crippen LogP contribution in [0.5, 0.6) is 0 Å². The predicted octanol–water partition coefficient (Wildman–Crippen LogP) is 2.83. The van der Waals surface area contributed by atoms with Crippen molar-refractivity contribution in [3.8, 4) is 0 Å². The minimum atomic E-state index is 0.498. The van der Waals surface area contributed by atoms with Crippen molar-refractivity contribution in [3.05, 3.63) is 0 Å². The lowest BCUT2D eigenvalue weighted by molar-refractivity contribution is 0.0541. The van der Waals surface area contributed by atoms with Gasteiger partial charge in [0.1, 0.15) is 0 Å². The van der Waals surface area contributed by atoms with Crippen LogP contribution in [0.1, 0.15) is 25.7 Å². The SMILES string of the molecule is COCC1(CBr)CC2CCC1C2. The number of hydrogen-bond donors (Lipinski definition) is 0. The highest BCUT2D eigenvalue weighted by Crippen LogP contribution is 2.56. The van der Waals surface area contributed by atoms with Gasteiger partial charge in [0, 0.05) is 17.9 Å². The molecule has 0 aliphatic heterocycles. The van der Waals surface area contributed by atoms with Gasteiger partial charge in [0.05, 0.1) is 6.61 Å². The van der Waals surface area contributed by atoms with Crippen molar-refractivity contribution in [2.75, 3.05) is 19.0 Å². The molecule has 2 fully saturated rings. The van der Waals surface area contributed by atoms with Gasteiger partial charge in [-0.2, -0.15) is 0 Å². The summed E-state index contributed by atoms with van der Waals surface area (Å²) in [5.74, 6) is 1.96. The number of ether oxygens (including phenoxy) is 1. The minimum absolute atomic E-state index is 0.498. The monoisotopic (exact) mass is 232 g/mol. The van der Waals surface area contributed by atoms with E-state index in [9.17, 15) is 0 Å². The second kappa shape index (κ2) is 3.30. The highest BCUT2D eigenvalue weighted by atomic mass is 79.9. The van der Waals surface area contributed by atoms with Crippen molar-refractivity contribution in [3.63, 3.8) is 0 Å². The summed E-state index contributed by atoms with van der Waals surface area (Å²) in [4.78, 5) is 0. The van der Waals surface area contributed by atoms with Gasteiger partial charge < -0.3 is 4.74 Å². The highest BCUT2D eigenvalue weighted by molar-refractivity contribution is 9.09. The molecule has 2 rings (SSSR count). The number of halogens is 1. The Morgan fingerprint density at radius 1 is 1.50 bits per heavy atom. The lowest BCUT2D eigenvalue weighted by Gasteiger charge is -2.35.